The zero-order valence-corrected chi connectivity index (χ0v) is 40.4. The van der Waals surface area contributed by atoms with Crippen LogP contribution in [0.4, 0.5) is 0 Å². The van der Waals surface area contributed by atoms with E-state index in [1.54, 1.807) is 0 Å². The minimum absolute atomic E-state index is 0.105. The van der Waals surface area contributed by atoms with Gasteiger partial charge in [-0.15, -0.1) is 0 Å². The van der Waals surface area contributed by atoms with E-state index in [0.29, 0.717) is 19.3 Å². The standard InChI is InChI=1S/C56H94O6/c1-4-7-10-13-16-19-22-25-27-28-30-31-34-37-40-43-46-49-55(58)61-52-53(51-60-54(57)48-45-42-39-36-33-24-21-18-15-12-9-6-3)62-56(59)50-47-44-41-38-35-32-29-26-23-20-17-14-11-8-5-2/h9,12,17-18,20-21,23,25-27,30-31,37,40,53H,4-8,10-11,13-16,19,22,24,28-29,32-36,38-39,41-52H2,1-3H3/b12-9-,20-17-,21-18-,26-23-,27-25-,31-30-,40-37-. The van der Waals surface area contributed by atoms with Gasteiger partial charge in [0.15, 0.2) is 6.10 Å². The van der Waals surface area contributed by atoms with Crippen molar-refractivity contribution in [2.45, 2.75) is 239 Å². The summed E-state index contributed by atoms with van der Waals surface area (Å²) in [7, 11) is 0. The van der Waals surface area contributed by atoms with E-state index in [-0.39, 0.29) is 37.5 Å². The summed E-state index contributed by atoms with van der Waals surface area (Å²) < 4.78 is 16.7. The van der Waals surface area contributed by atoms with Gasteiger partial charge in [-0.25, -0.2) is 0 Å². The van der Waals surface area contributed by atoms with Gasteiger partial charge in [0.25, 0.3) is 0 Å². The zero-order chi connectivity index (χ0) is 45.1. The molecule has 0 saturated heterocycles. The summed E-state index contributed by atoms with van der Waals surface area (Å²) in [5.41, 5.74) is 0. The lowest BCUT2D eigenvalue weighted by Gasteiger charge is -2.18. The molecule has 0 radical (unpaired) electrons. The maximum absolute atomic E-state index is 12.8. The summed E-state index contributed by atoms with van der Waals surface area (Å²) in [6, 6.07) is 0. The van der Waals surface area contributed by atoms with Gasteiger partial charge in [-0.05, 0) is 103 Å². The number of hydrogen-bond donors (Lipinski definition) is 0. The van der Waals surface area contributed by atoms with Crippen molar-refractivity contribution in [1.29, 1.82) is 0 Å². The maximum atomic E-state index is 12.8. The Kier molecular flexibility index (Phi) is 47.5. The molecule has 0 aliphatic heterocycles. The Hall–Kier alpha value is -3.41. The van der Waals surface area contributed by atoms with Crippen LogP contribution in [0, 0.1) is 0 Å². The first-order valence-electron chi connectivity index (χ1n) is 25.6. The normalized spacial score (nSPS) is 12.8. The Morgan fingerprint density at radius 3 is 1.18 bits per heavy atom. The van der Waals surface area contributed by atoms with Crippen LogP contribution < -0.4 is 0 Å². The molecule has 0 spiro atoms. The fourth-order valence-corrected chi connectivity index (χ4v) is 6.78. The number of esters is 3. The first kappa shape index (κ1) is 58.6. The highest BCUT2D eigenvalue weighted by Crippen LogP contribution is 2.13. The van der Waals surface area contributed by atoms with E-state index >= 15 is 0 Å². The smallest absolute Gasteiger partial charge is 0.306 e. The third-order valence-electron chi connectivity index (χ3n) is 10.6. The third-order valence-corrected chi connectivity index (χ3v) is 10.6. The molecule has 0 aliphatic carbocycles. The van der Waals surface area contributed by atoms with Crippen LogP contribution in [0.2, 0.25) is 0 Å². The van der Waals surface area contributed by atoms with Crippen LogP contribution in [0.15, 0.2) is 85.1 Å². The van der Waals surface area contributed by atoms with Crippen molar-refractivity contribution in [3.8, 4) is 0 Å². The number of carbonyl (C=O) groups is 3. The van der Waals surface area contributed by atoms with Gasteiger partial charge in [-0.3, -0.25) is 14.4 Å². The van der Waals surface area contributed by atoms with Crippen LogP contribution in [0.25, 0.3) is 0 Å². The van der Waals surface area contributed by atoms with Crippen LogP contribution in [0.3, 0.4) is 0 Å². The van der Waals surface area contributed by atoms with E-state index in [2.05, 4.69) is 106 Å². The van der Waals surface area contributed by atoms with Gasteiger partial charge in [0, 0.05) is 19.3 Å². The fraction of sp³-hybridized carbons (Fsp3) is 0.696. The predicted octanol–water partition coefficient (Wildman–Crippen LogP) is 16.8. The molecule has 0 aromatic heterocycles. The minimum atomic E-state index is -0.808. The molecule has 1 atom stereocenters. The third kappa shape index (κ3) is 47.6. The summed E-state index contributed by atoms with van der Waals surface area (Å²) in [6.45, 7) is 6.42. The second-order valence-electron chi connectivity index (χ2n) is 16.7. The van der Waals surface area contributed by atoms with Gasteiger partial charge in [0.1, 0.15) is 13.2 Å². The molecule has 0 N–H and O–H groups in total. The summed E-state index contributed by atoms with van der Waals surface area (Å²) in [4.78, 5) is 37.9. The molecule has 6 nitrogen and oxygen atoms in total. The summed E-state index contributed by atoms with van der Waals surface area (Å²) in [5.74, 6) is -0.987. The minimum Gasteiger partial charge on any atom is -0.462 e. The Morgan fingerprint density at radius 1 is 0.355 bits per heavy atom. The molecule has 0 aromatic carbocycles. The molecule has 62 heavy (non-hydrogen) atoms. The van der Waals surface area contributed by atoms with E-state index in [9.17, 15) is 14.4 Å². The zero-order valence-electron chi connectivity index (χ0n) is 40.4. The number of ether oxygens (including phenoxy) is 3. The van der Waals surface area contributed by atoms with E-state index in [1.807, 2.05) is 0 Å². The molecule has 0 aromatic rings. The predicted molar refractivity (Wildman–Crippen MR) is 265 cm³/mol. The highest BCUT2D eigenvalue weighted by molar-refractivity contribution is 5.71. The lowest BCUT2D eigenvalue weighted by atomic mass is 10.1. The van der Waals surface area contributed by atoms with Gasteiger partial charge in [-0.2, -0.15) is 0 Å². The molecule has 0 fully saturated rings. The van der Waals surface area contributed by atoms with Crippen molar-refractivity contribution in [3.05, 3.63) is 85.1 Å². The number of allylic oxidation sites excluding steroid dienone is 14. The number of carbonyl (C=O) groups excluding carboxylic acids is 3. The van der Waals surface area contributed by atoms with Gasteiger partial charge < -0.3 is 14.2 Å². The molecule has 0 amide bonds. The van der Waals surface area contributed by atoms with Crippen LogP contribution in [0.1, 0.15) is 233 Å². The number of hydrogen-bond acceptors (Lipinski definition) is 6. The monoisotopic (exact) mass is 863 g/mol. The fourth-order valence-electron chi connectivity index (χ4n) is 6.78. The molecule has 1 unspecified atom stereocenters. The average Bonchev–Trinajstić information content (AvgIpc) is 3.27. The van der Waals surface area contributed by atoms with Crippen LogP contribution >= 0.6 is 0 Å². The van der Waals surface area contributed by atoms with Gasteiger partial charge in [0.2, 0.25) is 0 Å². The largest absolute Gasteiger partial charge is 0.462 e. The van der Waals surface area contributed by atoms with Crippen molar-refractivity contribution in [1.82, 2.24) is 0 Å². The van der Waals surface area contributed by atoms with Crippen LogP contribution in [0.5, 0.6) is 0 Å². The Morgan fingerprint density at radius 2 is 0.694 bits per heavy atom. The second kappa shape index (κ2) is 50.2. The van der Waals surface area contributed by atoms with Crippen molar-refractivity contribution >= 4 is 17.9 Å². The first-order valence-corrected chi connectivity index (χ1v) is 25.6. The highest BCUT2D eigenvalue weighted by atomic mass is 16.6. The molecular formula is C56H94O6. The lowest BCUT2D eigenvalue weighted by Crippen LogP contribution is -2.30. The van der Waals surface area contributed by atoms with Crippen molar-refractivity contribution in [2.24, 2.45) is 0 Å². The van der Waals surface area contributed by atoms with E-state index in [4.69, 9.17) is 14.2 Å². The molecular weight excluding hydrogens is 769 g/mol. The Labute approximate surface area is 382 Å². The van der Waals surface area contributed by atoms with Crippen molar-refractivity contribution in [2.75, 3.05) is 13.2 Å². The molecule has 0 rings (SSSR count). The molecule has 0 aliphatic rings. The molecule has 0 heterocycles. The van der Waals surface area contributed by atoms with Crippen LogP contribution in [-0.4, -0.2) is 37.2 Å². The van der Waals surface area contributed by atoms with Crippen molar-refractivity contribution < 1.29 is 28.6 Å². The Bertz CT molecular complexity index is 1220. The van der Waals surface area contributed by atoms with Gasteiger partial charge in [-0.1, -0.05) is 196 Å². The highest BCUT2D eigenvalue weighted by Gasteiger charge is 2.19. The number of unbranched alkanes of at least 4 members (excludes halogenated alkanes) is 21. The van der Waals surface area contributed by atoms with E-state index < -0.39 is 6.10 Å². The van der Waals surface area contributed by atoms with E-state index in [1.165, 1.54) is 83.5 Å². The lowest BCUT2D eigenvalue weighted by molar-refractivity contribution is -0.167. The average molecular weight is 863 g/mol. The Balaban J connectivity index is 4.49. The SMILES string of the molecule is CC/C=C\C/C=C\CCCCCCCC(=O)OCC(COC(=O)CCC/C=C\C/C=C\C/C=C\CCCCCCCC)OC(=O)CCCCCCCC/C=C\C=C/CCCCC. The second-order valence-corrected chi connectivity index (χ2v) is 16.7. The first-order chi connectivity index (χ1) is 30.5. The van der Waals surface area contributed by atoms with Crippen LogP contribution in [-0.2, 0) is 28.6 Å². The molecule has 0 bridgehead atoms. The summed E-state index contributed by atoms with van der Waals surface area (Å²) in [6.07, 6.45) is 64.3. The van der Waals surface area contributed by atoms with Crippen molar-refractivity contribution in [3.63, 3.8) is 0 Å². The number of rotatable bonds is 45. The van der Waals surface area contributed by atoms with Gasteiger partial charge in [0.05, 0.1) is 0 Å². The summed E-state index contributed by atoms with van der Waals surface area (Å²) in [5, 5.41) is 0. The topological polar surface area (TPSA) is 78.9 Å². The summed E-state index contributed by atoms with van der Waals surface area (Å²) >= 11 is 0. The molecule has 354 valence electrons. The molecule has 0 saturated carbocycles. The van der Waals surface area contributed by atoms with Gasteiger partial charge >= 0.3 is 17.9 Å². The van der Waals surface area contributed by atoms with E-state index in [0.717, 1.165) is 103 Å². The molecule has 6 heteroatoms. The quantitative estimate of drug-likeness (QED) is 0.0199. The maximum Gasteiger partial charge on any atom is 0.306 e.